The molecule has 110 valence electrons. The molecule has 1 saturated heterocycles. The van der Waals surface area contributed by atoms with Crippen LogP contribution in [0.1, 0.15) is 0 Å². The number of fused-ring (bicyclic) bond motifs is 1. The predicted molar refractivity (Wildman–Crippen MR) is 74.6 cm³/mol. The van der Waals surface area contributed by atoms with Crippen molar-refractivity contribution in [1.82, 2.24) is 14.9 Å². The molecule has 0 unspecified atom stereocenters. The molecule has 0 bridgehead atoms. The summed E-state index contributed by atoms with van der Waals surface area (Å²) in [5.74, 6) is -2.67. The molecule has 1 fully saturated rings. The molecule has 21 heavy (non-hydrogen) atoms. The van der Waals surface area contributed by atoms with Crippen molar-refractivity contribution >= 4 is 34.2 Å². The number of nitrogens with zero attached hydrogens (tertiary/aromatic N) is 3. The van der Waals surface area contributed by atoms with Gasteiger partial charge in [0.15, 0.2) is 0 Å². The van der Waals surface area contributed by atoms with Crippen LogP contribution in [0.4, 0.5) is 14.6 Å². The highest BCUT2D eigenvalue weighted by Crippen LogP contribution is 2.27. The van der Waals surface area contributed by atoms with E-state index >= 15 is 0 Å². The topological polar surface area (TPSA) is 58.1 Å². The molecule has 0 aliphatic carbocycles. The predicted octanol–water partition coefficient (Wildman–Crippen LogP) is 2.17. The monoisotopic (exact) mass is 312 g/mol. The molecule has 0 atom stereocenters. The summed E-state index contributed by atoms with van der Waals surface area (Å²) in [7, 11) is 0. The molecule has 2 aromatic rings. The number of rotatable bonds is 3. The standard InChI is InChI=1S/C13H11ClF2N4O/c14-8-1-2-9-10(3-8)18-7-19-12(9)17-4-11(21)20-5-13(15,16)6-20/h1-3,7H,4-6H2,(H,17,18,19). The lowest BCUT2D eigenvalue weighted by Gasteiger charge is -2.38. The van der Waals surface area contributed by atoms with E-state index in [1.54, 1.807) is 18.2 Å². The van der Waals surface area contributed by atoms with Crippen LogP contribution in [0.2, 0.25) is 5.02 Å². The Morgan fingerprint density at radius 2 is 2.14 bits per heavy atom. The largest absolute Gasteiger partial charge is 0.360 e. The number of nitrogens with one attached hydrogen (secondary N) is 1. The maximum atomic E-state index is 12.7. The normalized spacial score (nSPS) is 16.6. The summed E-state index contributed by atoms with van der Waals surface area (Å²) in [6, 6.07) is 5.11. The van der Waals surface area contributed by atoms with Gasteiger partial charge in [0.25, 0.3) is 5.92 Å². The molecule has 0 radical (unpaired) electrons. The molecule has 8 heteroatoms. The van der Waals surface area contributed by atoms with Crippen LogP contribution in [0.25, 0.3) is 10.9 Å². The summed E-state index contributed by atoms with van der Waals surface area (Å²) in [6.45, 7) is -1.13. The SMILES string of the molecule is O=C(CNc1ncnc2cc(Cl)ccc12)N1CC(F)(F)C1. The number of alkyl halides is 2. The molecule has 1 aliphatic heterocycles. The van der Waals surface area contributed by atoms with E-state index in [1.165, 1.54) is 6.33 Å². The van der Waals surface area contributed by atoms with Crippen molar-refractivity contribution in [2.45, 2.75) is 5.92 Å². The first-order valence-electron chi connectivity index (χ1n) is 6.24. The number of carbonyl (C=O) groups is 1. The van der Waals surface area contributed by atoms with Gasteiger partial charge in [-0.3, -0.25) is 4.79 Å². The third-order valence-corrected chi connectivity index (χ3v) is 3.44. The van der Waals surface area contributed by atoms with Gasteiger partial charge in [-0.15, -0.1) is 0 Å². The van der Waals surface area contributed by atoms with Gasteiger partial charge >= 0.3 is 0 Å². The first kappa shape index (κ1) is 13.9. The quantitative estimate of drug-likeness (QED) is 0.943. The number of carbonyl (C=O) groups excluding carboxylic acids is 1. The van der Waals surface area contributed by atoms with E-state index in [4.69, 9.17) is 11.6 Å². The van der Waals surface area contributed by atoms with Crippen LogP contribution in [0.3, 0.4) is 0 Å². The minimum Gasteiger partial charge on any atom is -0.360 e. The van der Waals surface area contributed by atoms with Gasteiger partial charge in [-0.25, -0.2) is 18.7 Å². The number of benzene rings is 1. The van der Waals surface area contributed by atoms with E-state index in [0.29, 0.717) is 21.7 Å². The average molecular weight is 313 g/mol. The van der Waals surface area contributed by atoms with Crippen molar-refractivity contribution in [2.75, 3.05) is 25.0 Å². The average Bonchev–Trinajstić information content (AvgIpc) is 2.41. The molecule has 1 aromatic carbocycles. The Hall–Kier alpha value is -2.02. The van der Waals surface area contributed by atoms with Crippen molar-refractivity contribution in [2.24, 2.45) is 0 Å². The first-order chi connectivity index (χ1) is 9.94. The third kappa shape index (κ3) is 2.87. The van der Waals surface area contributed by atoms with Crippen LogP contribution in [-0.4, -0.2) is 46.3 Å². The summed E-state index contributed by atoms with van der Waals surface area (Å²) in [6.07, 6.45) is 1.35. The number of hydrogen-bond acceptors (Lipinski definition) is 4. The molecular formula is C13H11ClF2N4O. The van der Waals surface area contributed by atoms with Gasteiger partial charge in [0.05, 0.1) is 25.2 Å². The van der Waals surface area contributed by atoms with Crippen molar-refractivity contribution in [3.05, 3.63) is 29.5 Å². The Morgan fingerprint density at radius 1 is 1.38 bits per heavy atom. The van der Waals surface area contributed by atoms with Crippen molar-refractivity contribution in [3.63, 3.8) is 0 Å². The summed E-state index contributed by atoms with van der Waals surface area (Å²) < 4.78 is 25.4. The van der Waals surface area contributed by atoms with Gasteiger partial charge in [-0.05, 0) is 18.2 Å². The second-order valence-corrected chi connectivity index (χ2v) is 5.28. The minimum atomic E-state index is -2.76. The zero-order chi connectivity index (χ0) is 15.0. The van der Waals surface area contributed by atoms with E-state index in [-0.39, 0.29) is 12.5 Å². The molecule has 1 amide bonds. The zero-order valence-corrected chi connectivity index (χ0v) is 11.6. The molecule has 1 aromatic heterocycles. The molecule has 3 rings (SSSR count). The first-order valence-corrected chi connectivity index (χ1v) is 6.62. The van der Waals surface area contributed by atoms with E-state index in [1.807, 2.05) is 0 Å². The number of aromatic nitrogens is 2. The fourth-order valence-corrected chi connectivity index (χ4v) is 2.30. The Bertz CT molecular complexity index is 702. The Labute approximate surface area is 123 Å². The fourth-order valence-electron chi connectivity index (χ4n) is 2.13. The molecule has 0 saturated carbocycles. The van der Waals surface area contributed by atoms with Gasteiger partial charge in [0, 0.05) is 10.4 Å². The van der Waals surface area contributed by atoms with Crippen LogP contribution in [0.5, 0.6) is 0 Å². The van der Waals surface area contributed by atoms with Crippen molar-refractivity contribution < 1.29 is 13.6 Å². The highest BCUT2D eigenvalue weighted by atomic mass is 35.5. The summed E-state index contributed by atoms with van der Waals surface area (Å²) in [5, 5.41) is 4.11. The second kappa shape index (κ2) is 5.07. The van der Waals surface area contributed by atoms with Gasteiger partial charge in [-0.2, -0.15) is 0 Å². The Balaban J connectivity index is 1.70. The van der Waals surface area contributed by atoms with Gasteiger partial charge < -0.3 is 10.2 Å². The van der Waals surface area contributed by atoms with Crippen LogP contribution in [0.15, 0.2) is 24.5 Å². The van der Waals surface area contributed by atoms with E-state index in [2.05, 4.69) is 15.3 Å². The van der Waals surface area contributed by atoms with Crippen LogP contribution >= 0.6 is 11.6 Å². The Morgan fingerprint density at radius 3 is 2.86 bits per heavy atom. The molecular weight excluding hydrogens is 302 g/mol. The number of amides is 1. The summed E-state index contributed by atoms with van der Waals surface area (Å²) in [5.41, 5.74) is 0.642. The summed E-state index contributed by atoms with van der Waals surface area (Å²) in [4.78, 5) is 21.0. The Kier molecular flexibility index (Phi) is 3.36. The van der Waals surface area contributed by atoms with Crippen LogP contribution < -0.4 is 5.32 Å². The summed E-state index contributed by atoms with van der Waals surface area (Å²) >= 11 is 5.88. The van der Waals surface area contributed by atoms with E-state index in [0.717, 1.165) is 4.90 Å². The zero-order valence-electron chi connectivity index (χ0n) is 10.8. The lowest BCUT2D eigenvalue weighted by molar-refractivity contribution is -0.163. The van der Waals surface area contributed by atoms with Crippen LogP contribution in [0, 0.1) is 0 Å². The van der Waals surface area contributed by atoms with Crippen molar-refractivity contribution in [3.8, 4) is 0 Å². The lowest BCUT2D eigenvalue weighted by atomic mass is 10.1. The number of likely N-dealkylation sites (tertiary alicyclic amines) is 1. The third-order valence-electron chi connectivity index (χ3n) is 3.20. The van der Waals surface area contributed by atoms with Crippen LogP contribution in [-0.2, 0) is 4.79 Å². The minimum absolute atomic E-state index is 0.0924. The molecule has 0 spiro atoms. The second-order valence-electron chi connectivity index (χ2n) is 4.84. The van der Waals surface area contributed by atoms with Crippen molar-refractivity contribution in [1.29, 1.82) is 0 Å². The lowest BCUT2D eigenvalue weighted by Crippen LogP contribution is -2.59. The number of anilines is 1. The van der Waals surface area contributed by atoms with E-state index < -0.39 is 19.0 Å². The smallest absolute Gasteiger partial charge is 0.282 e. The molecule has 1 aliphatic rings. The highest BCUT2D eigenvalue weighted by molar-refractivity contribution is 6.31. The molecule has 2 heterocycles. The number of halogens is 3. The highest BCUT2D eigenvalue weighted by Gasteiger charge is 2.45. The maximum absolute atomic E-state index is 12.7. The fraction of sp³-hybridized carbons (Fsp3) is 0.308. The number of hydrogen-bond donors (Lipinski definition) is 1. The van der Waals surface area contributed by atoms with E-state index in [9.17, 15) is 13.6 Å². The van der Waals surface area contributed by atoms with Gasteiger partial charge in [-0.1, -0.05) is 11.6 Å². The molecule has 1 N–H and O–H groups in total. The van der Waals surface area contributed by atoms with Gasteiger partial charge in [0.2, 0.25) is 5.91 Å². The van der Waals surface area contributed by atoms with Gasteiger partial charge in [0.1, 0.15) is 12.1 Å². The maximum Gasteiger partial charge on any atom is 0.282 e. The molecule has 5 nitrogen and oxygen atoms in total.